The number of benzene rings is 1. The topological polar surface area (TPSA) is 68.2 Å². The van der Waals surface area contributed by atoms with Crippen molar-refractivity contribution in [3.05, 3.63) is 50.9 Å². The van der Waals surface area contributed by atoms with E-state index >= 15 is 0 Å². The number of rotatable bonds is 4. The van der Waals surface area contributed by atoms with Crippen LogP contribution < -0.4 is 16.2 Å². The highest BCUT2D eigenvalue weighted by atomic mass is 35.5. The summed E-state index contributed by atoms with van der Waals surface area (Å²) in [7, 11) is 0. The zero-order chi connectivity index (χ0) is 17.9. The maximum atomic E-state index is 12.7. The molecule has 0 unspecified atom stereocenters. The second kappa shape index (κ2) is 7.78. The fourth-order valence-corrected chi connectivity index (χ4v) is 3.75. The molecule has 4 rings (SSSR count). The highest BCUT2D eigenvalue weighted by Crippen LogP contribution is 2.21. The van der Waals surface area contributed by atoms with Crippen molar-refractivity contribution in [1.82, 2.24) is 15.1 Å². The van der Waals surface area contributed by atoms with E-state index in [2.05, 4.69) is 15.7 Å². The van der Waals surface area contributed by atoms with Gasteiger partial charge >= 0.3 is 0 Å². The van der Waals surface area contributed by atoms with Gasteiger partial charge in [0.25, 0.3) is 5.56 Å². The molecule has 2 aliphatic heterocycles. The number of hydrogen-bond donors (Lipinski definition) is 2. The molecule has 26 heavy (non-hydrogen) atoms. The molecule has 1 saturated heterocycles. The molecule has 6 nitrogen and oxygen atoms in total. The van der Waals surface area contributed by atoms with E-state index in [1.54, 1.807) is 6.20 Å². The van der Waals surface area contributed by atoms with Crippen LogP contribution in [0.5, 0.6) is 0 Å². The Kier molecular flexibility index (Phi) is 5.24. The molecule has 2 aromatic rings. The summed E-state index contributed by atoms with van der Waals surface area (Å²) in [5.41, 5.74) is 3.56. The molecule has 1 atom stereocenters. The Morgan fingerprint density at radius 2 is 2.31 bits per heavy atom. The molecule has 0 aliphatic carbocycles. The van der Waals surface area contributed by atoms with E-state index in [1.807, 2.05) is 18.2 Å². The van der Waals surface area contributed by atoms with Gasteiger partial charge in [-0.15, -0.1) is 0 Å². The van der Waals surface area contributed by atoms with Gasteiger partial charge in [0, 0.05) is 19.7 Å². The lowest BCUT2D eigenvalue weighted by Crippen LogP contribution is -2.27. The van der Waals surface area contributed by atoms with Crippen molar-refractivity contribution in [3.8, 4) is 5.69 Å². The average Bonchev–Trinajstić information content (AvgIpc) is 2.69. The third-order valence-electron chi connectivity index (χ3n) is 5.08. The maximum absolute atomic E-state index is 12.7. The first-order valence-electron chi connectivity index (χ1n) is 9.15. The minimum atomic E-state index is -0.301. The van der Waals surface area contributed by atoms with E-state index in [-0.39, 0.29) is 10.6 Å². The molecule has 0 bridgehead atoms. The van der Waals surface area contributed by atoms with Crippen molar-refractivity contribution in [2.75, 3.05) is 31.6 Å². The zero-order valence-corrected chi connectivity index (χ0v) is 15.4. The minimum absolute atomic E-state index is 0.177. The van der Waals surface area contributed by atoms with Crippen LogP contribution in [-0.4, -0.2) is 36.1 Å². The summed E-state index contributed by atoms with van der Waals surface area (Å²) in [6.45, 7) is 4.14. The summed E-state index contributed by atoms with van der Waals surface area (Å²) in [4.78, 5) is 12.7. The van der Waals surface area contributed by atoms with Gasteiger partial charge in [0.15, 0.2) is 0 Å². The minimum Gasteiger partial charge on any atom is -0.382 e. The largest absolute Gasteiger partial charge is 0.382 e. The summed E-state index contributed by atoms with van der Waals surface area (Å²) in [5, 5.41) is 11.1. The van der Waals surface area contributed by atoms with E-state index in [4.69, 9.17) is 16.3 Å². The van der Waals surface area contributed by atoms with Crippen LogP contribution in [0.4, 0.5) is 5.69 Å². The summed E-state index contributed by atoms with van der Waals surface area (Å²) in [6.07, 6.45) is 4.79. The van der Waals surface area contributed by atoms with Crippen LogP contribution in [0, 0.1) is 5.92 Å². The molecule has 1 aromatic heterocycles. The Hall–Kier alpha value is -1.89. The SMILES string of the molecule is O=c1c(Cl)c(NC[C@@H]2CCCOC2)cnn1-c1ccc2c(c1)CCNC2. The highest BCUT2D eigenvalue weighted by molar-refractivity contribution is 6.32. The van der Waals surface area contributed by atoms with Gasteiger partial charge in [0.05, 0.1) is 24.2 Å². The first kappa shape index (κ1) is 17.5. The Bertz CT molecular complexity index is 846. The van der Waals surface area contributed by atoms with Crippen LogP contribution >= 0.6 is 11.6 Å². The molecule has 7 heteroatoms. The van der Waals surface area contributed by atoms with Gasteiger partial charge in [-0.3, -0.25) is 4.79 Å². The first-order chi connectivity index (χ1) is 12.7. The number of nitrogens with zero attached hydrogens (tertiary/aromatic N) is 2. The molecule has 2 N–H and O–H groups in total. The Balaban J connectivity index is 1.55. The molecule has 0 saturated carbocycles. The molecule has 138 valence electrons. The van der Waals surface area contributed by atoms with E-state index in [9.17, 15) is 4.79 Å². The smallest absolute Gasteiger partial charge is 0.292 e. The molecule has 1 fully saturated rings. The van der Waals surface area contributed by atoms with E-state index in [0.717, 1.165) is 57.8 Å². The first-order valence-corrected chi connectivity index (χ1v) is 9.52. The lowest BCUT2D eigenvalue weighted by molar-refractivity contribution is 0.0595. The summed E-state index contributed by atoms with van der Waals surface area (Å²) < 4.78 is 6.86. The van der Waals surface area contributed by atoms with Gasteiger partial charge in [-0.25, -0.2) is 0 Å². The Morgan fingerprint density at radius 3 is 3.15 bits per heavy atom. The predicted octanol–water partition coefficient (Wildman–Crippen LogP) is 2.37. The fraction of sp³-hybridized carbons (Fsp3) is 0.474. The second-order valence-corrected chi connectivity index (χ2v) is 7.31. The molecular weight excluding hydrogens is 352 g/mol. The molecule has 0 spiro atoms. The number of fused-ring (bicyclic) bond motifs is 1. The number of ether oxygens (including phenoxy) is 1. The van der Waals surface area contributed by atoms with E-state index < -0.39 is 0 Å². The van der Waals surface area contributed by atoms with Crippen LogP contribution in [0.25, 0.3) is 5.69 Å². The lowest BCUT2D eigenvalue weighted by Gasteiger charge is -2.23. The number of anilines is 1. The molecule has 3 heterocycles. The Labute approximate surface area is 157 Å². The van der Waals surface area contributed by atoms with Crippen LogP contribution in [0.2, 0.25) is 5.02 Å². The summed E-state index contributed by atoms with van der Waals surface area (Å²) in [6, 6.07) is 6.00. The molecule has 0 amide bonds. The van der Waals surface area contributed by atoms with Crippen molar-refractivity contribution >= 4 is 17.3 Å². The van der Waals surface area contributed by atoms with Gasteiger partial charge in [-0.2, -0.15) is 9.78 Å². The third-order valence-corrected chi connectivity index (χ3v) is 5.44. The second-order valence-electron chi connectivity index (χ2n) is 6.93. The van der Waals surface area contributed by atoms with Gasteiger partial charge in [-0.05, 0) is 55.0 Å². The highest BCUT2D eigenvalue weighted by Gasteiger charge is 2.17. The predicted molar refractivity (Wildman–Crippen MR) is 102 cm³/mol. The van der Waals surface area contributed by atoms with Crippen molar-refractivity contribution in [1.29, 1.82) is 0 Å². The Morgan fingerprint density at radius 1 is 1.38 bits per heavy atom. The normalized spacial score (nSPS) is 19.8. The van der Waals surface area contributed by atoms with Crippen LogP contribution in [-0.2, 0) is 17.7 Å². The number of halogens is 1. The van der Waals surface area contributed by atoms with Gasteiger partial charge in [0.1, 0.15) is 5.02 Å². The van der Waals surface area contributed by atoms with Crippen LogP contribution in [0.1, 0.15) is 24.0 Å². The fourth-order valence-electron chi connectivity index (χ4n) is 3.56. The molecular formula is C19H23ClN4O2. The summed E-state index contributed by atoms with van der Waals surface area (Å²) in [5.74, 6) is 0.441. The average molecular weight is 375 g/mol. The summed E-state index contributed by atoms with van der Waals surface area (Å²) >= 11 is 6.33. The molecule has 2 aliphatic rings. The third kappa shape index (κ3) is 3.63. The standard InChI is InChI=1S/C19H23ClN4O2/c20-18-17(22-9-13-2-1-7-26-12-13)11-23-24(19(18)25)16-4-3-15-10-21-6-5-14(15)8-16/h3-4,8,11,13,21-22H,1-2,5-7,9-10,12H2/t13-/m0/s1. The quantitative estimate of drug-likeness (QED) is 0.860. The van der Waals surface area contributed by atoms with Crippen molar-refractivity contribution in [2.24, 2.45) is 5.92 Å². The van der Waals surface area contributed by atoms with Crippen LogP contribution in [0.15, 0.2) is 29.2 Å². The van der Waals surface area contributed by atoms with Crippen molar-refractivity contribution in [3.63, 3.8) is 0 Å². The van der Waals surface area contributed by atoms with Crippen LogP contribution in [0.3, 0.4) is 0 Å². The van der Waals surface area contributed by atoms with Crippen molar-refractivity contribution < 1.29 is 4.74 Å². The van der Waals surface area contributed by atoms with Gasteiger partial charge in [-0.1, -0.05) is 17.7 Å². The number of nitrogens with one attached hydrogen (secondary N) is 2. The number of hydrogen-bond acceptors (Lipinski definition) is 5. The van der Waals surface area contributed by atoms with Gasteiger partial charge in [0.2, 0.25) is 0 Å². The lowest BCUT2D eigenvalue weighted by atomic mass is 10.0. The maximum Gasteiger partial charge on any atom is 0.292 e. The molecule has 1 aromatic carbocycles. The number of aromatic nitrogens is 2. The van der Waals surface area contributed by atoms with Crippen molar-refractivity contribution in [2.45, 2.75) is 25.8 Å². The van der Waals surface area contributed by atoms with Gasteiger partial charge < -0.3 is 15.4 Å². The zero-order valence-electron chi connectivity index (χ0n) is 14.6. The van der Waals surface area contributed by atoms with E-state index in [1.165, 1.54) is 15.8 Å². The monoisotopic (exact) mass is 374 g/mol. The molecule has 0 radical (unpaired) electrons. The van der Waals surface area contributed by atoms with E-state index in [0.29, 0.717) is 11.6 Å².